The molecule has 5 nitrogen and oxygen atoms in total. The van der Waals surface area contributed by atoms with Crippen molar-refractivity contribution in [2.24, 2.45) is 0 Å². The maximum Gasteiger partial charge on any atom is 0.289 e. The Morgan fingerprint density at radius 2 is 1.73 bits per heavy atom. The van der Waals surface area contributed by atoms with Gasteiger partial charge in [0.05, 0.1) is 17.0 Å². The van der Waals surface area contributed by atoms with E-state index >= 15 is 8.78 Å². The molecule has 2 aromatic heterocycles. The number of nitrogens with zero attached hydrogens (tertiary/aromatic N) is 3. The number of hydrogen-bond donors (Lipinski definition) is 0. The van der Waals surface area contributed by atoms with Gasteiger partial charge in [0, 0.05) is 42.1 Å². The average molecular weight is 610 g/mol. The van der Waals surface area contributed by atoms with Gasteiger partial charge in [-0.2, -0.15) is 13.9 Å². The first-order valence-corrected chi connectivity index (χ1v) is 14.5. The van der Waals surface area contributed by atoms with Crippen molar-refractivity contribution in [2.75, 3.05) is 0 Å². The van der Waals surface area contributed by atoms with Crippen LogP contribution < -0.4 is 0 Å². The highest BCUT2D eigenvalue weighted by Gasteiger charge is 2.42. The molecule has 0 N–H and O–H groups in total. The van der Waals surface area contributed by atoms with Gasteiger partial charge >= 0.3 is 0 Å². The number of rotatable bonds is 10. The summed E-state index contributed by atoms with van der Waals surface area (Å²) in [7, 11) is 0. The summed E-state index contributed by atoms with van der Waals surface area (Å²) in [5, 5.41) is 4.45. The summed E-state index contributed by atoms with van der Waals surface area (Å²) < 4.78 is 74.0. The number of fused-ring (bicyclic) bond motifs is 1. The van der Waals surface area contributed by atoms with Gasteiger partial charge in [0.15, 0.2) is 11.6 Å². The number of alkyl halides is 2. The van der Waals surface area contributed by atoms with Crippen LogP contribution in [-0.4, -0.2) is 26.3 Å². The second-order valence-corrected chi connectivity index (χ2v) is 11.7. The molecule has 0 aliphatic heterocycles. The zero-order valence-electron chi connectivity index (χ0n) is 24.6. The quantitative estimate of drug-likeness (QED) is 0.135. The second-order valence-electron chi connectivity index (χ2n) is 11.7. The van der Waals surface area contributed by atoms with E-state index in [2.05, 4.69) is 10.1 Å². The Hall–Kier alpha value is -4.21. The van der Waals surface area contributed by atoms with Gasteiger partial charge in [-0.15, -0.1) is 0 Å². The second kappa shape index (κ2) is 12.4. The molecule has 1 aliphatic carbocycles. The van der Waals surface area contributed by atoms with Crippen LogP contribution in [-0.2, 0) is 30.1 Å². The molecule has 2 heterocycles. The first-order valence-electron chi connectivity index (χ1n) is 14.5. The lowest BCUT2D eigenvalue weighted by Gasteiger charge is -2.24. The number of Topliss-reactive ketones (excluding diaryl/α,β-unsaturated/α-hetero) is 2. The predicted octanol–water partition coefficient (Wildman–Crippen LogP) is 8.10. The summed E-state index contributed by atoms with van der Waals surface area (Å²) in [5.74, 6) is -7.15. The lowest BCUT2D eigenvalue weighted by atomic mass is 9.86. The van der Waals surface area contributed by atoms with Crippen molar-refractivity contribution in [3.63, 3.8) is 0 Å². The SMILES string of the molecule is CC(=O)c1cc(-c2cccnc2[C@@H](CC(=O)Cn2nc(C(C)C)c3c2C(F)(F)CCC3)Cc2cc(F)cc(F)c2)ccc1F. The van der Waals surface area contributed by atoms with Crippen LogP contribution in [0.3, 0.4) is 0 Å². The summed E-state index contributed by atoms with van der Waals surface area (Å²) in [4.78, 5) is 30.2. The molecule has 0 saturated heterocycles. The fourth-order valence-corrected chi connectivity index (χ4v) is 6.09. The molecule has 230 valence electrons. The van der Waals surface area contributed by atoms with Crippen LogP contribution in [0.25, 0.3) is 11.1 Å². The van der Waals surface area contributed by atoms with Gasteiger partial charge in [-0.1, -0.05) is 26.0 Å². The van der Waals surface area contributed by atoms with E-state index in [1.54, 1.807) is 12.1 Å². The highest BCUT2D eigenvalue weighted by molar-refractivity contribution is 5.95. The molecule has 0 fully saturated rings. The Kier molecular flexibility index (Phi) is 8.81. The molecule has 4 aromatic rings. The van der Waals surface area contributed by atoms with Gasteiger partial charge in [0.1, 0.15) is 29.7 Å². The van der Waals surface area contributed by atoms with Gasteiger partial charge in [-0.25, -0.2) is 13.2 Å². The molecule has 44 heavy (non-hydrogen) atoms. The Morgan fingerprint density at radius 1 is 1.00 bits per heavy atom. The molecule has 1 aliphatic rings. The zero-order valence-corrected chi connectivity index (χ0v) is 24.6. The van der Waals surface area contributed by atoms with Crippen LogP contribution in [0.1, 0.15) is 90.4 Å². The fraction of sp³-hybridized carbons (Fsp3) is 0.353. The number of ketones is 2. The minimum Gasteiger partial charge on any atom is -0.298 e. The minimum atomic E-state index is -3.13. The van der Waals surface area contributed by atoms with E-state index in [0.717, 1.165) is 28.9 Å². The summed E-state index contributed by atoms with van der Waals surface area (Å²) in [6, 6.07) is 10.4. The number of aromatic nitrogens is 3. The first kappa shape index (κ1) is 31.2. The van der Waals surface area contributed by atoms with Crippen molar-refractivity contribution in [3.8, 4) is 11.1 Å². The molecular weight excluding hydrogens is 577 g/mol. The lowest BCUT2D eigenvalue weighted by molar-refractivity contribution is -0.120. The van der Waals surface area contributed by atoms with Crippen LogP contribution in [0.4, 0.5) is 22.0 Å². The Labute approximate surface area is 252 Å². The summed E-state index contributed by atoms with van der Waals surface area (Å²) in [6.07, 6.45) is 1.73. The Bertz CT molecular complexity index is 1710. The third-order valence-corrected chi connectivity index (χ3v) is 7.98. The summed E-state index contributed by atoms with van der Waals surface area (Å²) in [6.45, 7) is 4.57. The minimum absolute atomic E-state index is 0.00416. The van der Waals surface area contributed by atoms with Gasteiger partial charge in [0.25, 0.3) is 5.92 Å². The van der Waals surface area contributed by atoms with Gasteiger partial charge < -0.3 is 0 Å². The average Bonchev–Trinajstić information content (AvgIpc) is 3.32. The van der Waals surface area contributed by atoms with Crippen molar-refractivity contribution < 1.29 is 31.5 Å². The zero-order chi connectivity index (χ0) is 31.8. The number of hydrogen-bond acceptors (Lipinski definition) is 4. The van der Waals surface area contributed by atoms with Crippen LogP contribution in [0.5, 0.6) is 0 Å². The van der Waals surface area contributed by atoms with E-state index in [9.17, 15) is 22.8 Å². The van der Waals surface area contributed by atoms with Crippen LogP contribution in [0.15, 0.2) is 54.7 Å². The van der Waals surface area contributed by atoms with E-state index in [4.69, 9.17) is 0 Å². The maximum atomic E-state index is 15.1. The number of carbonyl (C=O) groups excluding carboxylic acids is 2. The van der Waals surface area contributed by atoms with E-state index in [-0.39, 0.29) is 42.0 Å². The normalized spacial score (nSPS) is 14.8. The molecule has 0 radical (unpaired) electrons. The third-order valence-electron chi connectivity index (χ3n) is 7.98. The van der Waals surface area contributed by atoms with Gasteiger partial charge in [0.2, 0.25) is 0 Å². The van der Waals surface area contributed by atoms with Crippen LogP contribution in [0, 0.1) is 17.5 Å². The molecule has 2 aromatic carbocycles. The first-order chi connectivity index (χ1) is 20.8. The molecular formula is C34H32F5N3O2. The highest BCUT2D eigenvalue weighted by Crippen LogP contribution is 2.43. The predicted molar refractivity (Wildman–Crippen MR) is 155 cm³/mol. The summed E-state index contributed by atoms with van der Waals surface area (Å²) >= 11 is 0. The lowest BCUT2D eigenvalue weighted by Crippen LogP contribution is -2.27. The molecule has 0 bridgehead atoms. The topological polar surface area (TPSA) is 64.8 Å². The monoisotopic (exact) mass is 609 g/mol. The van der Waals surface area contributed by atoms with E-state index in [0.29, 0.717) is 40.9 Å². The van der Waals surface area contributed by atoms with Gasteiger partial charge in [-0.3, -0.25) is 19.3 Å². The number of benzene rings is 2. The molecule has 0 spiro atoms. The van der Waals surface area contributed by atoms with E-state index in [1.807, 2.05) is 13.8 Å². The molecule has 1 atom stereocenters. The number of halogens is 5. The molecule has 0 amide bonds. The van der Waals surface area contributed by atoms with Crippen molar-refractivity contribution >= 4 is 11.6 Å². The number of carbonyl (C=O) groups is 2. The van der Waals surface area contributed by atoms with E-state index in [1.165, 1.54) is 25.3 Å². The van der Waals surface area contributed by atoms with Crippen LogP contribution >= 0.6 is 0 Å². The molecule has 5 rings (SSSR count). The third kappa shape index (κ3) is 6.49. The molecule has 0 saturated carbocycles. The van der Waals surface area contributed by atoms with Crippen molar-refractivity contribution in [1.29, 1.82) is 0 Å². The highest BCUT2D eigenvalue weighted by atomic mass is 19.3. The summed E-state index contributed by atoms with van der Waals surface area (Å²) in [5.41, 5.74) is 2.28. The Morgan fingerprint density at radius 3 is 2.41 bits per heavy atom. The van der Waals surface area contributed by atoms with Crippen LogP contribution in [0.2, 0.25) is 0 Å². The Balaban J connectivity index is 1.54. The van der Waals surface area contributed by atoms with Crippen molar-refractivity contribution in [3.05, 3.63) is 106 Å². The smallest absolute Gasteiger partial charge is 0.289 e. The standard InChI is InChI=1S/C34H32F5N3O2/c1-19(2)31-28-6-4-10-34(38,39)33(28)42(41-31)18-26(44)15-23(12-21-13-24(35)17-25(36)14-21)32-27(7-5-11-40-32)22-8-9-30(37)29(16-22)20(3)43/h5,7-9,11,13-14,16-17,19,23H,4,6,10,12,15,18H2,1-3H3/t23-/m1/s1. The van der Waals surface area contributed by atoms with Gasteiger partial charge in [-0.05, 0) is 73.6 Å². The van der Waals surface area contributed by atoms with Crippen molar-refractivity contribution in [2.45, 2.75) is 77.2 Å². The largest absolute Gasteiger partial charge is 0.298 e. The van der Waals surface area contributed by atoms with E-state index < -0.39 is 47.4 Å². The molecule has 0 unspecified atom stereocenters. The molecule has 10 heteroatoms. The van der Waals surface area contributed by atoms with Crippen molar-refractivity contribution in [1.82, 2.24) is 14.8 Å². The maximum absolute atomic E-state index is 15.1. The number of pyridine rings is 1. The fourth-order valence-electron chi connectivity index (χ4n) is 6.09.